The molecule has 0 saturated carbocycles. The van der Waals surface area contributed by atoms with Gasteiger partial charge in [0.2, 0.25) is 0 Å². The molecule has 0 aliphatic carbocycles. The highest BCUT2D eigenvalue weighted by Gasteiger charge is 2.10. The summed E-state index contributed by atoms with van der Waals surface area (Å²) < 4.78 is 1.13. The zero-order valence-electron chi connectivity index (χ0n) is 12.7. The summed E-state index contributed by atoms with van der Waals surface area (Å²) in [5.74, 6) is 0. The van der Waals surface area contributed by atoms with E-state index in [1.807, 2.05) is 0 Å². The summed E-state index contributed by atoms with van der Waals surface area (Å²) in [6, 6.07) is 16.9. The van der Waals surface area contributed by atoms with Crippen molar-refractivity contribution in [1.29, 1.82) is 0 Å². The van der Waals surface area contributed by atoms with Crippen LogP contribution < -0.4 is 5.73 Å². The van der Waals surface area contributed by atoms with E-state index < -0.39 is 0 Å². The van der Waals surface area contributed by atoms with Crippen LogP contribution in [0.3, 0.4) is 0 Å². The van der Waals surface area contributed by atoms with E-state index in [2.05, 4.69) is 83.3 Å². The standard InChI is InChI=1S/C18H23BrN2/c1-14-6-3-4-9-17(14)18(20)10-11-21(2)13-15-7-5-8-16(19)12-15/h3-9,12,18H,10-11,13,20H2,1-2H3. The van der Waals surface area contributed by atoms with Gasteiger partial charge in [-0.1, -0.05) is 52.3 Å². The molecule has 112 valence electrons. The van der Waals surface area contributed by atoms with Gasteiger partial charge in [0.25, 0.3) is 0 Å². The van der Waals surface area contributed by atoms with Crippen molar-refractivity contribution in [2.24, 2.45) is 5.73 Å². The summed E-state index contributed by atoms with van der Waals surface area (Å²) in [7, 11) is 2.14. The van der Waals surface area contributed by atoms with Crippen LogP contribution in [-0.2, 0) is 6.54 Å². The molecule has 1 unspecified atom stereocenters. The van der Waals surface area contributed by atoms with Crippen molar-refractivity contribution in [3.05, 3.63) is 69.7 Å². The molecule has 0 saturated heterocycles. The molecule has 2 rings (SSSR count). The van der Waals surface area contributed by atoms with Crippen LogP contribution in [0, 0.1) is 6.92 Å². The molecule has 21 heavy (non-hydrogen) atoms. The van der Waals surface area contributed by atoms with Gasteiger partial charge in [-0.3, -0.25) is 0 Å². The number of halogens is 1. The highest BCUT2D eigenvalue weighted by atomic mass is 79.9. The Morgan fingerprint density at radius 2 is 1.90 bits per heavy atom. The summed E-state index contributed by atoms with van der Waals surface area (Å²) >= 11 is 3.51. The lowest BCUT2D eigenvalue weighted by Gasteiger charge is -2.20. The Kier molecular flexibility index (Phi) is 5.97. The third-order valence-electron chi connectivity index (χ3n) is 3.75. The van der Waals surface area contributed by atoms with Crippen LogP contribution in [0.5, 0.6) is 0 Å². The van der Waals surface area contributed by atoms with Crippen molar-refractivity contribution < 1.29 is 0 Å². The number of rotatable bonds is 6. The molecule has 0 spiro atoms. The van der Waals surface area contributed by atoms with E-state index in [0.29, 0.717) is 0 Å². The molecular formula is C18H23BrN2. The average Bonchev–Trinajstić information content (AvgIpc) is 2.45. The normalized spacial score (nSPS) is 12.6. The lowest BCUT2D eigenvalue weighted by atomic mass is 9.99. The van der Waals surface area contributed by atoms with Gasteiger partial charge in [0, 0.05) is 17.1 Å². The summed E-state index contributed by atoms with van der Waals surface area (Å²) in [5, 5.41) is 0. The molecule has 2 N–H and O–H groups in total. The average molecular weight is 347 g/mol. The fraction of sp³-hybridized carbons (Fsp3) is 0.333. The molecule has 2 nitrogen and oxygen atoms in total. The Hall–Kier alpha value is -1.16. The van der Waals surface area contributed by atoms with E-state index in [1.54, 1.807) is 0 Å². The maximum absolute atomic E-state index is 6.33. The largest absolute Gasteiger partial charge is 0.324 e. The SMILES string of the molecule is Cc1ccccc1C(N)CCN(C)Cc1cccc(Br)c1. The molecule has 0 bridgehead atoms. The summed E-state index contributed by atoms with van der Waals surface area (Å²) in [6.07, 6.45) is 0.968. The van der Waals surface area contributed by atoms with E-state index in [9.17, 15) is 0 Å². The monoisotopic (exact) mass is 346 g/mol. The Labute approximate surface area is 136 Å². The second-order valence-electron chi connectivity index (χ2n) is 5.62. The maximum atomic E-state index is 6.33. The van der Waals surface area contributed by atoms with Crippen molar-refractivity contribution in [1.82, 2.24) is 4.90 Å². The highest BCUT2D eigenvalue weighted by Crippen LogP contribution is 2.19. The molecule has 1 atom stereocenters. The number of benzene rings is 2. The Bertz CT molecular complexity index is 583. The minimum Gasteiger partial charge on any atom is -0.324 e. The van der Waals surface area contributed by atoms with Crippen molar-refractivity contribution >= 4 is 15.9 Å². The summed E-state index contributed by atoms with van der Waals surface area (Å²) in [4.78, 5) is 2.32. The van der Waals surface area contributed by atoms with Crippen LogP contribution in [0.1, 0.15) is 29.2 Å². The summed E-state index contributed by atoms with van der Waals surface area (Å²) in [5.41, 5.74) is 10.2. The van der Waals surface area contributed by atoms with Gasteiger partial charge in [-0.2, -0.15) is 0 Å². The maximum Gasteiger partial charge on any atom is 0.0309 e. The quantitative estimate of drug-likeness (QED) is 0.845. The first kappa shape index (κ1) is 16.2. The minimum atomic E-state index is 0.108. The molecule has 2 aromatic rings. The first-order chi connectivity index (χ1) is 10.1. The van der Waals surface area contributed by atoms with Gasteiger partial charge in [0.05, 0.1) is 0 Å². The van der Waals surface area contributed by atoms with Crippen molar-refractivity contribution in [2.75, 3.05) is 13.6 Å². The van der Waals surface area contributed by atoms with Crippen molar-refractivity contribution in [3.8, 4) is 0 Å². The van der Waals surface area contributed by atoms with Crippen LogP contribution in [0.15, 0.2) is 53.0 Å². The number of aryl methyl sites for hydroxylation is 1. The first-order valence-corrected chi connectivity index (χ1v) is 8.09. The number of nitrogens with zero attached hydrogens (tertiary/aromatic N) is 1. The Morgan fingerprint density at radius 3 is 2.62 bits per heavy atom. The van der Waals surface area contributed by atoms with E-state index in [1.165, 1.54) is 16.7 Å². The molecule has 0 aliphatic rings. The van der Waals surface area contributed by atoms with Gasteiger partial charge in [0.1, 0.15) is 0 Å². The molecule has 0 aromatic heterocycles. The van der Waals surface area contributed by atoms with Crippen LogP contribution in [0.4, 0.5) is 0 Å². The fourth-order valence-corrected chi connectivity index (χ4v) is 2.99. The van der Waals surface area contributed by atoms with Gasteiger partial charge in [-0.05, 0) is 55.8 Å². The minimum absolute atomic E-state index is 0.108. The van der Waals surface area contributed by atoms with Crippen LogP contribution in [0.25, 0.3) is 0 Å². The Balaban J connectivity index is 1.86. The van der Waals surface area contributed by atoms with E-state index in [4.69, 9.17) is 5.73 Å². The molecule has 0 fully saturated rings. The van der Waals surface area contributed by atoms with E-state index in [0.717, 1.165) is 24.0 Å². The van der Waals surface area contributed by atoms with E-state index in [-0.39, 0.29) is 6.04 Å². The number of hydrogen-bond acceptors (Lipinski definition) is 2. The van der Waals surface area contributed by atoms with Gasteiger partial charge in [-0.25, -0.2) is 0 Å². The molecule has 3 heteroatoms. The van der Waals surface area contributed by atoms with Crippen LogP contribution in [0.2, 0.25) is 0 Å². The van der Waals surface area contributed by atoms with Gasteiger partial charge >= 0.3 is 0 Å². The van der Waals surface area contributed by atoms with Crippen molar-refractivity contribution in [2.45, 2.75) is 25.9 Å². The Morgan fingerprint density at radius 1 is 1.14 bits per heavy atom. The predicted molar refractivity (Wildman–Crippen MR) is 93.2 cm³/mol. The lowest BCUT2D eigenvalue weighted by Crippen LogP contribution is -2.23. The second-order valence-corrected chi connectivity index (χ2v) is 6.54. The zero-order valence-corrected chi connectivity index (χ0v) is 14.3. The lowest BCUT2D eigenvalue weighted by molar-refractivity contribution is 0.311. The number of hydrogen-bond donors (Lipinski definition) is 1. The number of nitrogens with two attached hydrogens (primary N) is 1. The smallest absolute Gasteiger partial charge is 0.0309 e. The first-order valence-electron chi connectivity index (χ1n) is 7.30. The summed E-state index contributed by atoms with van der Waals surface area (Å²) in [6.45, 7) is 4.06. The van der Waals surface area contributed by atoms with Crippen LogP contribution >= 0.6 is 15.9 Å². The van der Waals surface area contributed by atoms with Crippen molar-refractivity contribution in [3.63, 3.8) is 0 Å². The molecule has 0 heterocycles. The van der Waals surface area contributed by atoms with Gasteiger partial charge in [-0.15, -0.1) is 0 Å². The molecular weight excluding hydrogens is 324 g/mol. The van der Waals surface area contributed by atoms with Gasteiger partial charge in [0.15, 0.2) is 0 Å². The zero-order chi connectivity index (χ0) is 15.2. The topological polar surface area (TPSA) is 29.3 Å². The molecule has 2 aromatic carbocycles. The molecule has 0 aliphatic heterocycles. The molecule has 0 amide bonds. The van der Waals surface area contributed by atoms with Crippen LogP contribution in [-0.4, -0.2) is 18.5 Å². The highest BCUT2D eigenvalue weighted by molar-refractivity contribution is 9.10. The second kappa shape index (κ2) is 7.74. The van der Waals surface area contributed by atoms with E-state index >= 15 is 0 Å². The molecule has 0 radical (unpaired) electrons. The third-order valence-corrected chi connectivity index (χ3v) is 4.24. The predicted octanol–water partition coefficient (Wildman–Crippen LogP) is 4.28. The fourth-order valence-electron chi connectivity index (χ4n) is 2.54. The van der Waals surface area contributed by atoms with Gasteiger partial charge < -0.3 is 10.6 Å². The third kappa shape index (κ3) is 4.95.